The van der Waals surface area contributed by atoms with E-state index in [1.165, 1.54) is 15.8 Å². The van der Waals surface area contributed by atoms with Gasteiger partial charge in [0.25, 0.3) is 5.91 Å². The summed E-state index contributed by atoms with van der Waals surface area (Å²) in [6.07, 6.45) is 3.10. The Kier molecular flexibility index (Phi) is 11.2. The van der Waals surface area contributed by atoms with Crippen LogP contribution in [0.1, 0.15) is 61.3 Å². The van der Waals surface area contributed by atoms with Gasteiger partial charge in [-0.05, 0) is 61.2 Å². The Hall–Kier alpha value is -5.53. The molecule has 3 heterocycles. The molecule has 0 spiro atoms. The molecule has 3 atom stereocenters. The molecule has 4 aromatic rings. The third-order valence-corrected chi connectivity index (χ3v) is 8.23. The number of esters is 1. The molecule has 2 N–H and O–H groups in total. The Morgan fingerprint density at radius 3 is 2.60 bits per heavy atom. The smallest absolute Gasteiger partial charge is 0.308 e. The molecule has 14 nitrogen and oxygen atoms in total. The lowest BCUT2D eigenvalue weighted by Gasteiger charge is -2.31. The van der Waals surface area contributed by atoms with E-state index in [1.807, 2.05) is 54.6 Å². The van der Waals surface area contributed by atoms with Crippen LogP contribution in [0.3, 0.4) is 0 Å². The summed E-state index contributed by atoms with van der Waals surface area (Å²) in [6, 6.07) is 15.5. The maximum absolute atomic E-state index is 13.7. The van der Waals surface area contributed by atoms with Crippen molar-refractivity contribution in [3.8, 4) is 0 Å². The number of para-hydroxylation sites is 1. The zero-order valence-corrected chi connectivity index (χ0v) is 26.9. The van der Waals surface area contributed by atoms with E-state index in [9.17, 15) is 24.0 Å². The number of ether oxygens (including phenoxy) is 1. The number of nitrogens with one attached hydrogen (secondary N) is 2. The Morgan fingerprint density at radius 2 is 1.81 bits per heavy atom. The quantitative estimate of drug-likeness (QED) is 0.203. The first kappa shape index (κ1) is 33.8. The van der Waals surface area contributed by atoms with E-state index in [1.54, 1.807) is 19.9 Å². The number of hydrogen-bond acceptors (Lipinski definition) is 10. The number of Topliss-reactive ketones (excluding diaryl/α,β-unsaturated/α-hetero) is 1. The first-order valence-corrected chi connectivity index (χ1v) is 16.0. The van der Waals surface area contributed by atoms with Crippen LogP contribution in [0.15, 0.2) is 66.9 Å². The van der Waals surface area contributed by atoms with Crippen molar-refractivity contribution in [2.45, 2.75) is 70.6 Å². The summed E-state index contributed by atoms with van der Waals surface area (Å²) in [5.74, 6) is -2.22. The SMILES string of the molecule is CCOC(=O)CC(NC(=O)C(C)N1CCCCC(NC(=O)c2cnc3ccccc3c2)C1=O)C(=O)Cn1nnnc1Cc1ccccc1. The third-order valence-electron chi connectivity index (χ3n) is 8.23. The zero-order valence-electron chi connectivity index (χ0n) is 26.9. The van der Waals surface area contributed by atoms with Crippen LogP contribution in [0.5, 0.6) is 0 Å². The lowest BCUT2D eigenvalue weighted by Crippen LogP contribution is -2.56. The summed E-state index contributed by atoms with van der Waals surface area (Å²) in [6.45, 7) is 3.28. The monoisotopic (exact) mass is 654 g/mol. The second-order valence-corrected chi connectivity index (χ2v) is 11.6. The van der Waals surface area contributed by atoms with Crippen molar-refractivity contribution in [3.63, 3.8) is 0 Å². The summed E-state index contributed by atoms with van der Waals surface area (Å²) in [4.78, 5) is 72.2. The number of ketones is 1. The Balaban J connectivity index is 1.26. The molecular weight excluding hydrogens is 616 g/mol. The van der Waals surface area contributed by atoms with Gasteiger partial charge in [-0.3, -0.25) is 29.0 Å². The number of carbonyl (C=O) groups excluding carboxylic acids is 5. The summed E-state index contributed by atoms with van der Waals surface area (Å²) in [5.41, 5.74) is 2.01. The van der Waals surface area contributed by atoms with Crippen molar-refractivity contribution in [1.82, 2.24) is 40.7 Å². The average molecular weight is 655 g/mol. The van der Waals surface area contributed by atoms with Gasteiger partial charge in [-0.2, -0.15) is 0 Å². The van der Waals surface area contributed by atoms with Crippen molar-refractivity contribution in [1.29, 1.82) is 0 Å². The summed E-state index contributed by atoms with van der Waals surface area (Å²) in [7, 11) is 0. The molecule has 14 heteroatoms. The molecule has 1 aliphatic heterocycles. The van der Waals surface area contributed by atoms with Crippen molar-refractivity contribution in [2.24, 2.45) is 0 Å². The van der Waals surface area contributed by atoms with Crippen LogP contribution in [-0.2, 0) is 36.9 Å². The highest BCUT2D eigenvalue weighted by atomic mass is 16.5. The standard InChI is InChI=1S/C34H38N8O6/c1-3-48-31(44)19-28(29(43)21-42-30(38-39-40-42)17-23-11-5-4-6-12-23)37-32(45)22(2)41-16-10-9-15-27(34(41)47)36-33(46)25-18-24-13-7-8-14-26(24)35-20-25/h4-8,11-14,18,20,22,27-28H,3,9-10,15-17,19,21H2,1-2H3,(H,36,46)(H,37,45). The number of fused-ring (bicyclic) bond motifs is 1. The van der Waals surface area contributed by atoms with Crippen LogP contribution >= 0.6 is 0 Å². The number of likely N-dealkylation sites (tertiary alicyclic amines) is 1. The molecular formula is C34H38N8O6. The second-order valence-electron chi connectivity index (χ2n) is 11.6. The molecule has 5 rings (SSSR count). The zero-order chi connectivity index (χ0) is 34.0. The van der Waals surface area contributed by atoms with Crippen molar-refractivity contribution in [3.05, 3.63) is 83.8 Å². The molecule has 1 aliphatic rings. The van der Waals surface area contributed by atoms with Crippen LogP contribution in [0.2, 0.25) is 0 Å². The molecule has 0 bridgehead atoms. The van der Waals surface area contributed by atoms with E-state index in [0.717, 1.165) is 16.5 Å². The largest absolute Gasteiger partial charge is 0.466 e. The van der Waals surface area contributed by atoms with E-state index in [-0.39, 0.29) is 19.7 Å². The highest BCUT2D eigenvalue weighted by Crippen LogP contribution is 2.18. The van der Waals surface area contributed by atoms with Gasteiger partial charge in [0.15, 0.2) is 11.6 Å². The Labute approximate surface area is 277 Å². The summed E-state index contributed by atoms with van der Waals surface area (Å²) in [5, 5.41) is 18.0. The van der Waals surface area contributed by atoms with E-state index >= 15 is 0 Å². The van der Waals surface area contributed by atoms with Crippen LogP contribution in [0, 0.1) is 0 Å². The van der Waals surface area contributed by atoms with E-state index in [4.69, 9.17) is 4.74 Å². The number of benzene rings is 2. The third kappa shape index (κ3) is 8.43. The lowest BCUT2D eigenvalue weighted by atomic mass is 10.1. The molecule has 3 amide bonds. The van der Waals surface area contributed by atoms with Crippen LogP contribution in [0.4, 0.5) is 0 Å². The molecule has 2 aromatic carbocycles. The maximum atomic E-state index is 13.7. The topological polar surface area (TPSA) is 178 Å². The van der Waals surface area contributed by atoms with Gasteiger partial charge in [-0.1, -0.05) is 48.5 Å². The van der Waals surface area contributed by atoms with E-state index in [0.29, 0.717) is 37.1 Å². The first-order chi connectivity index (χ1) is 23.2. The van der Waals surface area contributed by atoms with Crippen LogP contribution in [-0.4, -0.2) is 90.8 Å². The minimum Gasteiger partial charge on any atom is -0.466 e. The van der Waals surface area contributed by atoms with Gasteiger partial charge in [0.05, 0.1) is 30.1 Å². The van der Waals surface area contributed by atoms with Gasteiger partial charge in [0.2, 0.25) is 11.8 Å². The normalized spacial score (nSPS) is 16.1. The van der Waals surface area contributed by atoms with Gasteiger partial charge in [-0.15, -0.1) is 5.10 Å². The number of aromatic nitrogens is 5. The van der Waals surface area contributed by atoms with Gasteiger partial charge in [-0.25, -0.2) is 4.68 Å². The molecule has 2 aromatic heterocycles. The molecule has 48 heavy (non-hydrogen) atoms. The number of amides is 3. The van der Waals surface area contributed by atoms with Gasteiger partial charge >= 0.3 is 5.97 Å². The van der Waals surface area contributed by atoms with Crippen molar-refractivity contribution >= 4 is 40.4 Å². The minimum atomic E-state index is -1.26. The predicted octanol–water partition coefficient (Wildman–Crippen LogP) is 2.02. The highest BCUT2D eigenvalue weighted by molar-refractivity contribution is 6.00. The molecule has 3 unspecified atom stereocenters. The molecule has 1 fully saturated rings. The summed E-state index contributed by atoms with van der Waals surface area (Å²) < 4.78 is 6.40. The van der Waals surface area contributed by atoms with E-state index < -0.39 is 54.0 Å². The maximum Gasteiger partial charge on any atom is 0.308 e. The van der Waals surface area contributed by atoms with Crippen molar-refractivity contribution < 1.29 is 28.7 Å². The van der Waals surface area contributed by atoms with Gasteiger partial charge in [0, 0.05) is 24.5 Å². The molecule has 1 saturated heterocycles. The summed E-state index contributed by atoms with van der Waals surface area (Å²) >= 11 is 0. The number of carbonyl (C=O) groups is 5. The number of tetrazole rings is 1. The fourth-order valence-electron chi connectivity index (χ4n) is 5.59. The molecule has 0 aliphatic carbocycles. The number of rotatable bonds is 13. The predicted molar refractivity (Wildman–Crippen MR) is 173 cm³/mol. The number of hydrogen-bond donors (Lipinski definition) is 2. The van der Waals surface area contributed by atoms with Crippen molar-refractivity contribution in [2.75, 3.05) is 13.2 Å². The minimum absolute atomic E-state index is 0.100. The fraction of sp³-hybridized carbons (Fsp3) is 0.382. The highest BCUT2D eigenvalue weighted by Gasteiger charge is 2.35. The van der Waals surface area contributed by atoms with Gasteiger partial charge < -0.3 is 20.3 Å². The van der Waals surface area contributed by atoms with Gasteiger partial charge in [0.1, 0.15) is 18.6 Å². The Bertz CT molecular complexity index is 1780. The fourth-order valence-corrected chi connectivity index (χ4v) is 5.59. The average Bonchev–Trinajstić information content (AvgIpc) is 3.44. The number of nitrogens with zero attached hydrogens (tertiary/aromatic N) is 6. The second kappa shape index (κ2) is 15.8. The molecule has 0 saturated carbocycles. The Morgan fingerprint density at radius 1 is 1.04 bits per heavy atom. The number of pyridine rings is 1. The van der Waals surface area contributed by atoms with E-state index in [2.05, 4.69) is 31.1 Å². The first-order valence-electron chi connectivity index (χ1n) is 16.0. The van der Waals surface area contributed by atoms with Crippen LogP contribution in [0.25, 0.3) is 10.9 Å². The molecule has 250 valence electrons. The lowest BCUT2D eigenvalue weighted by molar-refractivity contribution is -0.146. The van der Waals surface area contributed by atoms with Crippen LogP contribution < -0.4 is 10.6 Å². The molecule has 0 radical (unpaired) electrons.